The van der Waals surface area contributed by atoms with Crippen LogP contribution in [0.2, 0.25) is 0 Å². The maximum Gasteiger partial charge on any atom is 0.247 e. The number of rotatable bonds is 5. The highest BCUT2D eigenvalue weighted by Crippen LogP contribution is 2.39. The number of aromatic nitrogens is 4. The lowest BCUT2D eigenvalue weighted by Crippen LogP contribution is -2.17. The lowest BCUT2D eigenvalue weighted by Gasteiger charge is -2.18. The van der Waals surface area contributed by atoms with Crippen LogP contribution in [0.3, 0.4) is 0 Å². The number of pyridine rings is 1. The Balaban J connectivity index is 1.74. The summed E-state index contributed by atoms with van der Waals surface area (Å²) in [5.74, 6) is 1.46. The molecular formula is C19H19N5OS. The SMILES string of the molecule is CCCCSc1nnc2c(n1)O[C@H](c1cccnc1)Nc1ccccc1-2. The van der Waals surface area contributed by atoms with Crippen molar-refractivity contribution < 1.29 is 4.74 Å². The zero-order valence-corrected chi connectivity index (χ0v) is 15.2. The molecule has 6 nitrogen and oxygen atoms in total. The molecular weight excluding hydrogens is 346 g/mol. The summed E-state index contributed by atoms with van der Waals surface area (Å²) >= 11 is 1.61. The van der Waals surface area contributed by atoms with Crippen molar-refractivity contribution in [3.8, 4) is 17.1 Å². The highest BCUT2D eigenvalue weighted by Gasteiger charge is 2.25. The molecule has 1 aliphatic rings. The Morgan fingerprint density at radius 1 is 1.15 bits per heavy atom. The largest absolute Gasteiger partial charge is 0.448 e. The lowest BCUT2D eigenvalue weighted by molar-refractivity contribution is 0.225. The van der Waals surface area contributed by atoms with Crippen molar-refractivity contribution in [2.24, 2.45) is 0 Å². The fourth-order valence-corrected chi connectivity index (χ4v) is 3.56. The van der Waals surface area contributed by atoms with Crippen molar-refractivity contribution in [1.29, 1.82) is 0 Å². The summed E-state index contributed by atoms with van der Waals surface area (Å²) in [5.41, 5.74) is 3.44. The van der Waals surface area contributed by atoms with E-state index < -0.39 is 6.23 Å². The minimum Gasteiger partial charge on any atom is -0.448 e. The first-order chi connectivity index (χ1) is 12.8. The highest BCUT2D eigenvalue weighted by atomic mass is 32.2. The fraction of sp³-hybridized carbons (Fsp3) is 0.263. The molecule has 0 saturated carbocycles. The molecule has 3 heterocycles. The van der Waals surface area contributed by atoms with Gasteiger partial charge in [0.2, 0.25) is 11.0 Å². The topological polar surface area (TPSA) is 72.8 Å². The maximum atomic E-state index is 6.19. The fourth-order valence-electron chi connectivity index (χ4n) is 2.70. The van der Waals surface area contributed by atoms with Crippen molar-refractivity contribution in [3.63, 3.8) is 0 Å². The third kappa shape index (κ3) is 3.48. The van der Waals surface area contributed by atoms with Crippen LogP contribution >= 0.6 is 11.8 Å². The van der Waals surface area contributed by atoms with E-state index >= 15 is 0 Å². The maximum absolute atomic E-state index is 6.19. The number of hydrogen-bond acceptors (Lipinski definition) is 7. The molecule has 3 aromatic rings. The minimum atomic E-state index is -0.392. The van der Waals surface area contributed by atoms with Gasteiger partial charge in [0, 0.05) is 35.0 Å². The number of para-hydroxylation sites is 1. The molecule has 1 aromatic carbocycles. The second-order valence-electron chi connectivity index (χ2n) is 5.92. The van der Waals surface area contributed by atoms with Gasteiger partial charge in [0.1, 0.15) is 0 Å². The molecule has 26 heavy (non-hydrogen) atoms. The van der Waals surface area contributed by atoms with Crippen molar-refractivity contribution in [2.75, 3.05) is 11.1 Å². The number of nitrogens with zero attached hydrogens (tertiary/aromatic N) is 4. The Morgan fingerprint density at radius 2 is 2.08 bits per heavy atom. The normalized spacial score (nSPS) is 15.2. The molecule has 132 valence electrons. The van der Waals surface area contributed by atoms with E-state index in [9.17, 15) is 0 Å². The quantitative estimate of drug-likeness (QED) is 0.533. The van der Waals surface area contributed by atoms with Crippen LogP contribution in [0, 0.1) is 0 Å². The Hall–Kier alpha value is -2.67. The van der Waals surface area contributed by atoms with Crippen LogP contribution in [-0.2, 0) is 0 Å². The summed E-state index contributed by atoms with van der Waals surface area (Å²) in [4.78, 5) is 8.82. The third-order valence-electron chi connectivity index (χ3n) is 4.05. The number of benzene rings is 1. The van der Waals surface area contributed by atoms with Crippen LogP contribution in [0.1, 0.15) is 31.6 Å². The van der Waals surface area contributed by atoms with E-state index in [4.69, 9.17) is 4.74 Å². The van der Waals surface area contributed by atoms with Crippen LogP contribution in [0.15, 0.2) is 53.9 Å². The molecule has 1 N–H and O–H groups in total. The van der Waals surface area contributed by atoms with Crippen molar-refractivity contribution in [1.82, 2.24) is 20.2 Å². The zero-order chi connectivity index (χ0) is 17.8. The van der Waals surface area contributed by atoms with E-state index in [1.165, 1.54) is 0 Å². The summed E-state index contributed by atoms with van der Waals surface area (Å²) in [6, 6.07) is 11.8. The van der Waals surface area contributed by atoms with E-state index in [-0.39, 0.29) is 0 Å². The van der Waals surface area contributed by atoms with Gasteiger partial charge in [-0.3, -0.25) is 4.98 Å². The molecule has 0 amide bonds. The van der Waals surface area contributed by atoms with Gasteiger partial charge in [-0.2, -0.15) is 4.98 Å². The average molecular weight is 365 g/mol. The van der Waals surface area contributed by atoms with Crippen molar-refractivity contribution in [2.45, 2.75) is 31.1 Å². The number of fused-ring (bicyclic) bond motifs is 3. The smallest absolute Gasteiger partial charge is 0.247 e. The van der Waals surface area contributed by atoms with E-state index in [1.807, 2.05) is 36.4 Å². The number of hydrogen-bond donors (Lipinski definition) is 1. The summed E-state index contributed by atoms with van der Waals surface area (Å²) < 4.78 is 6.19. The standard InChI is InChI=1S/C19H19N5OS/c1-2-3-11-26-19-22-18-16(23-24-19)14-8-4-5-9-15(14)21-17(25-18)13-7-6-10-20-12-13/h4-10,12,17,21H,2-3,11H2,1H3/t17-/m1/s1. The molecule has 4 rings (SSSR count). The van der Waals surface area contributed by atoms with Gasteiger partial charge >= 0.3 is 0 Å². The van der Waals surface area contributed by atoms with Gasteiger partial charge in [0.25, 0.3) is 0 Å². The molecule has 0 fully saturated rings. The predicted molar refractivity (Wildman–Crippen MR) is 102 cm³/mol. The lowest BCUT2D eigenvalue weighted by atomic mass is 10.1. The van der Waals surface area contributed by atoms with Crippen molar-refractivity contribution in [3.05, 3.63) is 54.4 Å². The number of ether oxygens (including phenoxy) is 1. The predicted octanol–water partition coefficient (Wildman–Crippen LogP) is 4.33. The molecule has 0 aliphatic carbocycles. The van der Waals surface area contributed by atoms with Gasteiger partial charge in [0.15, 0.2) is 11.9 Å². The number of thioether (sulfide) groups is 1. The molecule has 0 saturated heterocycles. The summed E-state index contributed by atoms with van der Waals surface area (Å²) in [6.07, 6.45) is 5.40. The molecule has 0 radical (unpaired) electrons. The van der Waals surface area contributed by atoms with Crippen LogP contribution in [0.4, 0.5) is 5.69 Å². The molecule has 0 unspecified atom stereocenters. The van der Waals surface area contributed by atoms with E-state index in [0.29, 0.717) is 16.7 Å². The Bertz CT molecular complexity index is 890. The molecule has 2 aromatic heterocycles. The molecule has 0 bridgehead atoms. The Labute approximate surface area is 156 Å². The van der Waals surface area contributed by atoms with Gasteiger partial charge in [0.05, 0.1) is 0 Å². The first-order valence-corrected chi connectivity index (χ1v) is 9.63. The van der Waals surface area contributed by atoms with Gasteiger partial charge in [-0.15, -0.1) is 10.2 Å². The van der Waals surface area contributed by atoms with E-state index in [2.05, 4.69) is 32.4 Å². The molecule has 1 aliphatic heterocycles. The van der Waals surface area contributed by atoms with Crippen LogP contribution in [-0.4, -0.2) is 25.9 Å². The Morgan fingerprint density at radius 3 is 2.92 bits per heavy atom. The zero-order valence-electron chi connectivity index (χ0n) is 14.4. The Kier molecular flexibility index (Phi) is 4.97. The van der Waals surface area contributed by atoms with Gasteiger partial charge in [-0.25, -0.2) is 0 Å². The first kappa shape index (κ1) is 16.8. The van der Waals surface area contributed by atoms with Crippen LogP contribution in [0.5, 0.6) is 5.88 Å². The summed E-state index contributed by atoms with van der Waals surface area (Å²) in [6.45, 7) is 2.17. The molecule has 0 spiro atoms. The van der Waals surface area contributed by atoms with Gasteiger partial charge in [-0.1, -0.05) is 49.4 Å². The van der Waals surface area contributed by atoms with Gasteiger partial charge < -0.3 is 10.1 Å². The van der Waals surface area contributed by atoms with Crippen LogP contribution < -0.4 is 10.1 Å². The number of nitrogens with one attached hydrogen (secondary N) is 1. The summed E-state index contributed by atoms with van der Waals surface area (Å²) in [7, 11) is 0. The number of anilines is 1. The third-order valence-corrected chi connectivity index (χ3v) is 4.97. The van der Waals surface area contributed by atoms with E-state index in [1.54, 1.807) is 24.2 Å². The average Bonchev–Trinajstić information content (AvgIpc) is 2.85. The van der Waals surface area contributed by atoms with Gasteiger partial charge in [-0.05, 0) is 18.6 Å². The second-order valence-corrected chi connectivity index (χ2v) is 6.99. The van der Waals surface area contributed by atoms with E-state index in [0.717, 1.165) is 35.4 Å². The van der Waals surface area contributed by atoms with Crippen molar-refractivity contribution >= 4 is 17.4 Å². The number of unbranched alkanes of at least 4 members (excludes halogenated alkanes) is 1. The highest BCUT2D eigenvalue weighted by molar-refractivity contribution is 7.99. The molecule has 7 heteroatoms. The summed E-state index contributed by atoms with van der Waals surface area (Å²) in [5, 5.41) is 12.8. The molecule has 1 atom stereocenters. The minimum absolute atomic E-state index is 0.392. The van der Waals surface area contributed by atoms with Crippen LogP contribution in [0.25, 0.3) is 11.3 Å². The second kappa shape index (κ2) is 7.70. The first-order valence-electron chi connectivity index (χ1n) is 8.65. The monoisotopic (exact) mass is 365 g/mol.